The number of benzene rings is 1. The summed E-state index contributed by atoms with van der Waals surface area (Å²) in [5.74, 6) is 1.10. The molecule has 0 radical (unpaired) electrons. The second kappa shape index (κ2) is 6.80. The molecule has 0 saturated carbocycles. The number of hydrogen-bond acceptors (Lipinski definition) is 7. The van der Waals surface area contributed by atoms with Crippen LogP contribution in [0.5, 0.6) is 0 Å². The Hall–Kier alpha value is -1.87. The summed E-state index contributed by atoms with van der Waals surface area (Å²) in [7, 11) is 0. The first-order chi connectivity index (χ1) is 12.1. The van der Waals surface area contributed by atoms with Gasteiger partial charge in [0.15, 0.2) is 11.5 Å². The van der Waals surface area contributed by atoms with Crippen molar-refractivity contribution in [1.82, 2.24) is 19.5 Å². The van der Waals surface area contributed by atoms with Crippen molar-refractivity contribution in [1.29, 1.82) is 0 Å². The SMILES string of the molecule is O[C@@H]1[C@H](n2cnc3c(NCc4cccc(Cl)c4)ncnc32)SC[C@@H]1O. The molecule has 1 fully saturated rings. The highest BCUT2D eigenvalue weighted by Crippen LogP contribution is 2.38. The van der Waals surface area contributed by atoms with Crippen LogP contribution < -0.4 is 5.32 Å². The predicted molar refractivity (Wildman–Crippen MR) is 97.6 cm³/mol. The van der Waals surface area contributed by atoms with Gasteiger partial charge in [-0.05, 0) is 17.7 Å². The molecule has 3 N–H and O–H groups in total. The number of fused-ring (bicyclic) bond motifs is 1. The fourth-order valence-electron chi connectivity index (χ4n) is 2.83. The van der Waals surface area contributed by atoms with Crippen LogP contribution in [0, 0.1) is 0 Å². The van der Waals surface area contributed by atoms with E-state index in [1.807, 2.05) is 24.3 Å². The summed E-state index contributed by atoms with van der Waals surface area (Å²) in [5.41, 5.74) is 2.27. The van der Waals surface area contributed by atoms with Gasteiger partial charge in [0.2, 0.25) is 0 Å². The second-order valence-corrected chi connectivity index (χ2v) is 7.40. The summed E-state index contributed by atoms with van der Waals surface area (Å²) in [4.78, 5) is 13.0. The van der Waals surface area contributed by atoms with Crippen LogP contribution in [0.3, 0.4) is 0 Å². The Bertz CT molecular complexity index is 905. The van der Waals surface area contributed by atoms with Gasteiger partial charge in [0.1, 0.15) is 23.3 Å². The van der Waals surface area contributed by atoms with Crippen molar-refractivity contribution in [2.24, 2.45) is 0 Å². The molecule has 1 aliphatic heterocycles. The molecule has 1 aromatic carbocycles. The van der Waals surface area contributed by atoms with E-state index < -0.39 is 12.2 Å². The highest BCUT2D eigenvalue weighted by atomic mass is 35.5. The standard InChI is InChI=1S/C16H16ClN5O2S/c17-10-3-1-2-9(4-10)5-18-14-12-15(20-7-19-14)22(8-21-12)16-13(24)11(23)6-25-16/h1-4,7-8,11,13,16,23-24H,5-6H2,(H,18,19,20)/t11-,13-,16+/m0/s1. The monoisotopic (exact) mass is 377 g/mol. The summed E-state index contributed by atoms with van der Waals surface area (Å²) in [6.07, 6.45) is 1.50. The normalized spacial score (nSPS) is 23.2. The number of aliphatic hydroxyl groups excluding tert-OH is 2. The Morgan fingerprint density at radius 1 is 1.28 bits per heavy atom. The van der Waals surface area contributed by atoms with Gasteiger partial charge in [0.05, 0.1) is 12.4 Å². The van der Waals surface area contributed by atoms with Crippen molar-refractivity contribution in [2.75, 3.05) is 11.1 Å². The minimum Gasteiger partial charge on any atom is -0.389 e. The van der Waals surface area contributed by atoms with E-state index in [0.29, 0.717) is 34.3 Å². The molecule has 1 saturated heterocycles. The Balaban J connectivity index is 1.61. The largest absolute Gasteiger partial charge is 0.389 e. The molecule has 1 aliphatic rings. The van der Waals surface area contributed by atoms with E-state index in [1.54, 1.807) is 10.9 Å². The maximum Gasteiger partial charge on any atom is 0.166 e. The molecule has 3 aromatic rings. The van der Waals surface area contributed by atoms with Crippen LogP contribution in [0.15, 0.2) is 36.9 Å². The zero-order valence-electron chi connectivity index (χ0n) is 13.1. The number of nitrogens with one attached hydrogen (secondary N) is 1. The molecule has 7 nitrogen and oxygen atoms in total. The maximum atomic E-state index is 10.1. The third-order valence-electron chi connectivity index (χ3n) is 4.11. The number of nitrogens with zero attached hydrogens (tertiary/aromatic N) is 4. The lowest BCUT2D eigenvalue weighted by atomic mass is 10.2. The molecule has 0 amide bonds. The molecule has 0 aliphatic carbocycles. The zero-order chi connectivity index (χ0) is 17.4. The van der Waals surface area contributed by atoms with E-state index in [-0.39, 0.29) is 5.37 Å². The first kappa shape index (κ1) is 16.6. The van der Waals surface area contributed by atoms with E-state index >= 15 is 0 Å². The van der Waals surface area contributed by atoms with E-state index in [0.717, 1.165) is 5.56 Å². The molecule has 2 aromatic heterocycles. The van der Waals surface area contributed by atoms with Crippen LogP contribution >= 0.6 is 23.4 Å². The summed E-state index contributed by atoms with van der Waals surface area (Å²) >= 11 is 7.48. The first-order valence-corrected chi connectivity index (χ1v) is 9.20. The third kappa shape index (κ3) is 3.18. The molecule has 9 heteroatoms. The number of anilines is 1. The highest BCUT2D eigenvalue weighted by Gasteiger charge is 2.36. The number of halogens is 1. The number of thioether (sulfide) groups is 1. The van der Waals surface area contributed by atoms with Crippen molar-refractivity contribution < 1.29 is 10.2 Å². The molecular formula is C16H16ClN5O2S. The van der Waals surface area contributed by atoms with Crippen LogP contribution in [0.2, 0.25) is 5.02 Å². The minimum atomic E-state index is -0.847. The highest BCUT2D eigenvalue weighted by molar-refractivity contribution is 7.99. The summed E-state index contributed by atoms with van der Waals surface area (Å²) < 4.78 is 1.78. The molecule has 3 heterocycles. The van der Waals surface area contributed by atoms with Crippen LogP contribution in [0.4, 0.5) is 5.82 Å². The van der Waals surface area contributed by atoms with E-state index in [9.17, 15) is 10.2 Å². The van der Waals surface area contributed by atoms with E-state index in [1.165, 1.54) is 18.1 Å². The average molecular weight is 378 g/mol. The van der Waals surface area contributed by atoms with Crippen molar-refractivity contribution in [3.8, 4) is 0 Å². The molecule has 4 rings (SSSR count). The second-order valence-electron chi connectivity index (χ2n) is 5.81. The quantitative estimate of drug-likeness (QED) is 0.640. The van der Waals surface area contributed by atoms with Crippen LogP contribution in [0.25, 0.3) is 11.2 Å². The van der Waals surface area contributed by atoms with Crippen LogP contribution in [-0.2, 0) is 6.54 Å². The topological polar surface area (TPSA) is 96.1 Å². The maximum absolute atomic E-state index is 10.1. The third-order valence-corrected chi connectivity index (χ3v) is 5.72. The van der Waals surface area contributed by atoms with Gasteiger partial charge in [-0.25, -0.2) is 15.0 Å². The molecule has 0 bridgehead atoms. The summed E-state index contributed by atoms with van der Waals surface area (Å²) in [5, 5.41) is 23.5. The molecule has 3 atom stereocenters. The lowest BCUT2D eigenvalue weighted by molar-refractivity contribution is 0.0313. The van der Waals surface area contributed by atoms with Crippen molar-refractivity contribution in [2.45, 2.75) is 24.1 Å². The van der Waals surface area contributed by atoms with Gasteiger partial charge in [-0.3, -0.25) is 4.57 Å². The van der Waals surface area contributed by atoms with Gasteiger partial charge in [0, 0.05) is 17.3 Å². The van der Waals surface area contributed by atoms with Gasteiger partial charge in [-0.2, -0.15) is 0 Å². The van der Waals surface area contributed by atoms with Crippen LogP contribution in [0.1, 0.15) is 10.9 Å². The minimum absolute atomic E-state index is 0.310. The first-order valence-electron chi connectivity index (χ1n) is 7.77. The Morgan fingerprint density at radius 3 is 2.92 bits per heavy atom. The van der Waals surface area contributed by atoms with Crippen LogP contribution in [-0.4, -0.2) is 47.7 Å². The fraction of sp³-hybridized carbons (Fsp3) is 0.312. The molecular weight excluding hydrogens is 362 g/mol. The van der Waals surface area contributed by atoms with E-state index in [2.05, 4.69) is 20.3 Å². The Labute approximate surface area is 153 Å². The van der Waals surface area contributed by atoms with E-state index in [4.69, 9.17) is 11.6 Å². The number of rotatable bonds is 4. The smallest absolute Gasteiger partial charge is 0.166 e. The molecule has 130 valence electrons. The average Bonchev–Trinajstić information content (AvgIpc) is 3.17. The molecule has 25 heavy (non-hydrogen) atoms. The fourth-order valence-corrected chi connectivity index (χ4v) is 4.33. The van der Waals surface area contributed by atoms with Crippen molar-refractivity contribution >= 4 is 40.3 Å². The number of aromatic nitrogens is 4. The Morgan fingerprint density at radius 2 is 2.16 bits per heavy atom. The van der Waals surface area contributed by atoms with Crippen molar-refractivity contribution in [3.05, 3.63) is 47.5 Å². The van der Waals surface area contributed by atoms with Gasteiger partial charge >= 0.3 is 0 Å². The number of aliphatic hydroxyl groups is 2. The summed E-state index contributed by atoms with van der Waals surface area (Å²) in [6, 6.07) is 7.59. The molecule has 0 unspecified atom stereocenters. The van der Waals surface area contributed by atoms with Gasteiger partial charge in [-0.15, -0.1) is 11.8 Å². The van der Waals surface area contributed by atoms with Gasteiger partial charge in [0.25, 0.3) is 0 Å². The number of imidazole rings is 1. The Kier molecular flexibility index (Phi) is 4.51. The van der Waals surface area contributed by atoms with Crippen molar-refractivity contribution in [3.63, 3.8) is 0 Å². The molecule has 0 spiro atoms. The number of hydrogen-bond donors (Lipinski definition) is 3. The lowest BCUT2D eigenvalue weighted by Crippen LogP contribution is -2.27. The zero-order valence-corrected chi connectivity index (χ0v) is 14.7. The van der Waals surface area contributed by atoms with Gasteiger partial charge < -0.3 is 15.5 Å². The predicted octanol–water partition coefficient (Wildman–Crippen LogP) is 2.06. The van der Waals surface area contributed by atoms with Gasteiger partial charge in [-0.1, -0.05) is 23.7 Å². The lowest BCUT2D eigenvalue weighted by Gasteiger charge is -2.17. The summed E-state index contributed by atoms with van der Waals surface area (Å²) in [6.45, 7) is 0.555.